The molecule has 4 N–H and O–H groups in total. The van der Waals surface area contributed by atoms with Crippen molar-refractivity contribution in [2.75, 3.05) is 26.4 Å². The van der Waals surface area contributed by atoms with Crippen LogP contribution in [0.25, 0.3) is 0 Å². The summed E-state index contributed by atoms with van der Waals surface area (Å²) in [6.45, 7) is 3.40. The lowest BCUT2D eigenvalue weighted by Crippen LogP contribution is -2.29. The second-order valence-electron chi connectivity index (χ2n) is 13.7. The first-order chi connectivity index (χ1) is 27.2. The van der Waals surface area contributed by atoms with Crippen LogP contribution in [-0.4, -0.2) is 60.5 Å². The van der Waals surface area contributed by atoms with Gasteiger partial charge in [0.15, 0.2) is 6.10 Å². The van der Waals surface area contributed by atoms with Gasteiger partial charge in [-0.25, -0.2) is 4.57 Å². The van der Waals surface area contributed by atoms with Crippen molar-refractivity contribution in [2.45, 2.75) is 161 Å². The Morgan fingerprint density at radius 3 is 1.84 bits per heavy atom. The van der Waals surface area contributed by atoms with Gasteiger partial charge in [-0.15, -0.1) is 0 Å². The Hall–Kier alpha value is -2.85. The molecule has 56 heavy (non-hydrogen) atoms. The average molecular weight is 806 g/mol. The highest BCUT2D eigenvalue weighted by molar-refractivity contribution is 7.47. The third-order valence-corrected chi connectivity index (χ3v) is 9.35. The Labute approximate surface area is 339 Å². The number of ether oxygens (including phenoxy) is 2. The van der Waals surface area contributed by atoms with E-state index in [0.29, 0.717) is 19.3 Å². The summed E-state index contributed by atoms with van der Waals surface area (Å²) in [7, 11) is -4.41. The fourth-order valence-corrected chi connectivity index (χ4v) is 5.98. The molecule has 0 aliphatic carbocycles. The normalized spacial score (nSPS) is 14.7. The molecule has 2 unspecified atom stereocenters. The summed E-state index contributed by atoms with van der Waals surface area (Å²) >= 11 is 0. The molecule has 0 radical (unpaired) electrons. The zero-order valence-corrected chi connectivity index (χ0v) is 35.6. The molecule has 320 valence electrons. The third-order valence-electron chi connectivity index (χ3n) is 8.37. The van der Waals surface area contributed by atoms with Gasteiger partial charge in [-0.05, 0) is 77.0 Å². The van der Waals surface area contributed by atoms with E-state index >= 15 is 0 Å². The molecule has 0 amide bonds. The first-order valence-electron chi connectivity index (χ1n) is 21.2. The molecule has 10 nitrogen and oxygen atoms in total. The predicted molar refractivity (Wildman–Crippen MR) is 230 cm³/mol. The Bertz CT molecular complexity index is 1210. The number of aliphatic hydroxyl groups excluding tert-OH is 1. The van der Waals surface area contributed by atoms with Crippen molar-refractivity contribution in [3.8, 4) is 0 Å². The Morgan fingerprint density at radius 2 is 1.20 bits per heavy atom. The molecular formula is C45H76NO9P. The van der Waals surface area contributed by atoms with E-state index in [1.165, 1.54) is 25.7 Å². The smallest absolute Gasteiger partial charge is 0.462 e. The van der Waals surface area contributed by atoms with Crippen LogP contribution in [0.1, 0.15) is 149 Å². The molecule has 0 aromatic rings. The summed E-state index contributed by atoms with van der Waals surface area (Å²) in [5, 5.41) is 10.1. The SMILES string of the molecule is CC/C=C/C/C=C/C=C/C(O)CCCCCCCC(=O)OC[C@H](COP(=O)(O)OCCN)OC(=O)CCCCC/C=C\C/C=C\C/C=C\C/C=C\CCCCC. The van der Waals surface area contributed by atoms with Crippen LogP contribution < -0.4 is 5.73 Å². The van der Waals surface area contributed by atoms with E-state index in [2.05, 4.69) is 74.6 Å². The summed E-state index contributed by atoms with van der Waals surface area (Å²) in [6, 6.07) is 0. The number of esters is 2. The maximum absolute atomic E-state index is 12.6. The monoisotopic (exact) mass is 806 g/mol. The summed E-state index contributed by atoms with van der Waals surface area (Å²) in [5.41, 5.74) is 5.34. The number of allylic oxidation sites excluding steroid dienone is 13. The van der Waals surface area contributed by atoms with Crippen LogP contribution in [0.3, 0.4) is 0 Å². The fraction of sp³-hybridized carbons (Fsp3) is 0.644. The van der Waals surface area contributed by atoms with E-state index < -0.39 is 38.6 Å². The molecule has 0 aromatic heterocycles. The number of hydrogen-bond donors (Lipinski definition) is 3. The van der Waals surface area contributed by atoms with Crippen molar-refractivity contribution in [3.63, 3.8) is 0 Å². The summed E-state index contributed by atoms with van der Waals surface area (Å²) < 4.78 is 32.7. The number of carbonyl (C=O) groups is 2. The van der Waals surface area contributed by atoms with Gasteiger partial charge in [0.2, 0.25) is 0 Å². The van der Waals surface area contributed by atoms with E-state index in [0.717, 1.165) is 77.0 Å². The number of carbonyl (C=O) groups excluding carboxylic acids is 2. The van der Waals surface area contributed by atoms with Crippen molar-refractivity contribution in [1.82, 2.24) is 0 Å². The van der Waals surface area contributed by atoms with Crippen molar-refractivity contribution in [1.29, 1.82) is 0 Å². The number of nitrogens with two attached hydrogens (primary N) is 1. The second-order valence-corrected chi connectivity index (χ2v) is 15.1. The van der Waals surface area contributed by atoms with E-state index in [-0.39, 0.29) is 32.6 Å². The van der Waals surface area contributed by atoms with E-state index in [1.54, 1.807) is 6.08 Å². The minimum atomic E-state index is -4.41. The quantitative estimate of drug-likeness (QED) is 0.0180. The molecule has 0 aromatic carbocycles. The maximum atomic E-state index is 12.6. The molecule has 0 rings (SSSR count). The molecule has 3 atom stereocenters. The summed E-state index contributed by atoms with van der Waals surface area (Å²) in [6.07, 6.45) is 46.3. The molecule has 0 aliphatic heterocycles. The van der Waals surface area contributed by atoms with E-state index in [1.807, 2.05) is 18.2 Å². The topological polar surface area (TPSA) is 155 Å². The van der Waals surface area contributed by atoms with Gasteiger partial charge in [0, 0.05) is 19.4 Å². The van der Waals surface area contributed by atoms with Gasteiger partial charge in [0.05, 0.1) is 19.3 Å². The highest BCUT2D eigenvalue weighted by atomic mass is 31.2. The largest absolute Gasteiger partial charge is 0.472 e. The van der Waals surface area contributed by atoms with Crippen molar-refractivity contribution in [2.24, 2.45) is 5.73 Å². The number of phosphoric ester groups is 1. The highest BCUT2D eigenvalue weighted by Gasteiger charge is 2.26. The number of aliphatic hydroxyl groups is 1. The molecule has 0 heterocycles. The van der Waals surface area contributed by atoms with Crippen LogP contribution in [0, 0.1) is 0 Å². The number of hydrogen-bond acceptors (Lipinski definition) is 9. The first kappa shape index (κ1) is 53.1. The van der Waals surface area contributed by atoms with Gasteiger partial charge in [0.1, 0.15) is 6.61 Å². The van der Waals surface area contributed by atoms with Crippen molar-refractivity contribution in [3.05, 3.63) is 85.1 Å². The number of rotatable bonds is 38. The molecular weight excluding hydrogens is 729 g/mol. The van der Waals surface area contributed by atoms with Crippen molar-refractivity contribution < 1.29 is 42.7 Å². The standard InChI is InChI=1S/C45H76NO9P/c1-3-5-7-9-11-12-13-14-15-16-17-18-19-20-21-22-24-28-33-37-45(49)55-43(41-54-56(50,51)53-39-38-46)40-52-44(48)36-32-29-25-27-31-35-42(47)34-30-26-23-10-8-6-4-2/h6,8,11-12,14-15,17-18,20-21,23,26,30,34,42-43,47H,3-5,7,9-10,13,16,19,22,24-25,27-29,31-33,35-41,46H2,1-2H3,(H,50,51)/b8-6+,12-11-,15-14-,18-17-,21-20-,26-23+,34-30+/t42?,43-/m1/s1. The molecule has 0 spiro atoms. The van der Waals surface area contributed by atoms with Crippen LogP contribution in [0.4, 0.5) is 0 Å². The Morgan fingerprint density at radius 1 is 0.643 bits per heavy atom. The van der Waals surface area contributed by atoms with Crippen LogP contribution in [-0.2, 0) is 32.7 Å². The molecule has 11 heteroatoms. The average Bonchev–Trinajstić information content (AvgIpc) is 3.18. The zero-order chi connectivity index (χ0) is 41.2. The van der Waals surface area contributed by atoms with Crippen LogP contribution in [0.5, 0.6) is 0 Å². The lowest BCUT2D eigenvalue weighted by Gasteiger charge is -2.19. The third kappa shape index (κ3) is 39.4. The van der Waals surface area contributed by atoms with E-state index in [4.69, 9.17) is 24.3 Å². The van der Waals surface area contributed by atoms with Crippen LogP contribution in [0.15, 0.2) is 85.1 Å². The zero-order valence-electron chi connectivity index (χ0n) is 34.7. The lowest BCUT2D eigenvalue weighted by atomic mass is 10.1. The van der Waals surface area contributed by atoms with Gasteiger partial charge in [0.25, 0.3) is 0 Å². The highest BCUT2D eigenvalue weighted by Crippen LogP contribution is 2.43. The maximum Gasteiger partial charge on any atom is 0.472 e. The van der Waals surface area contributed by atoms with Crippen molar-refractivity contribution >= 4 is 19.8 Å². The van der Waals surface area contributed by atoms with E-state index in [9.17, 15) is 24.2 Å². The van der Waals surface area contributed by atoms with Gasteiger partial charge in [-0.3, -0.25) is 18.6 Å². The fourth-order valence-electron chi connectivity index (χ4n) is 5.21. The minimum Gasteiger partial charge on any atom is -0.462 e. The minimum absolute atomic E-state index is 0.0289. The summed E-state index contributed by atoms with van der Waals surface area (Å²) in [4.78, 5) is 34.9. The molecule has 0 aliphatic rings. The van der Waals surface area contributed by atoms with Gasteiger partial charge in [-0.1, -0.05) is 144 Å². The van der Waals surface area contributed by atoms with Gasteiger partial charge in [-0.2, -0.15) is 0 Å². The number of phosphoric acid groups is 1. The van der Waals surface area contributed by atoms with Crippen LogP contribution >= 0.6 is 7.82 Å². The molecule has 0 bridgehead atoms. The molecule has 0 saturated heterocycles. The van der Waals surface area contributed by atoms with Gasteiger partial charge < -0.3 is 25.2 Å². The number of unbranched alkanes of at least 4 members (excludes halogenated alkanes) is 10. The molecule has 0 fully saturated rings. The lowest BCUT2D eigenvalue weighted by molar-refractivity contribution is -0.161. The second kappa shape index (κ2) is 40.4. The summed E-state index contributed by atoms with van der Waals surface area (Å²) in [5.74, 6) is -0.951. The Kier molecular flexibility index (Phi) is 38.3. The predicted octanol–water partition coefficient (Wildman–Crippen LogP) is 11.0. The first-order valence-corrected chi connectivity index (χ1v) is 22.7. The van der Waals surface area contributed by atoms with Crippen LogP contribution in [0.2, 0.25) is 0 Å². The Balaban J connectivity index is 4.34. The van der Waals surface area contributed by atoms with Gasteiger partial charge >= 0.3 is 19.8 Å². The molecule has 0 saturated carbocycles.